The fourth-order valence-electron chi connectivity index (χ4n) is 5.55. The number of pyridine rings is 3. The molecule has 0 fully saturated rings. The van der Waals surface area contributed by atoms with Gasteiger partial charge in [0.2, 0.25) is 0 Å². The Labute approximate surface area is 156 Å². The van der Waals surface area contributed by atoms with E-state index in [-0.39, 0.29) is 12.3 Å². The number of likely N-dealkylation sites (N-methyl/N-ethyl adjacent to an activating group) is 2. The van der Waals surface area contributed by atoms with Gasteiger partial charge in [0, 0.05) is 32.1 Å². The summed E-state index contributed by atoms with van der Waals surface area (Å²) in [5, 5.41) is 0. The topological polar surface area (TPSA) is 51.6 Å². The molecule has 27 heavy (non-hydrogen) atoms. The molecular weight excluding hydrogens is 338 g/mol. The number of fused-ring (bicyclic) bond motifs is 10. The molecule has 0 N–H and O–H groups in total. The Morgan fingerprint density at radius 2 is 1.26 bits per heavy atom. The molecule has 0 spiro atoms. The lowest BCUT2D eigenvalue weighted by atomic mass is 9.98. The van der Waals surface area contributed by atoms with E-state index in [9.17, 15) is 0 Å². The maximum Gasteiger partial charge on any atom is 0.153 e. The normalized spacial score (nSPS) is 25.5. The molecule has 3 aromatic rings. The Morgan fingerprint density at radius 3 is 1.78 bits per heavy atom. The third-order valence-corrected chi connectivity index (χ3v) is 6.48. The SMILES string of the molecule is CN1c2ncccc2N2c3cncc4c3C(C12)C1N(C)c2ncccc2N41. The van der Waals surface area contributed by atoms with E-state index in [1.54, 1.807) is 0 Å². The fraction of sp³-hybridized carbons (Fsp3) is 0.250. The number of aromatic nitrogens is 3. The number of hydrogen-bond acceptors (Lipinski definition) is 7. The van der Waals surface area contributed by atoms with Crippen LogP contribution in [0.2, 0.25) is 0 Å². The van der Waals surface area contributed by atoms with Crippen LogP contribution in [0.1, 0.15) is 11.5 Å². The molecule has 0 saturated heterocycles. The highest BCUT2D eigenvalue weighted by Gasteiger charge is 2.60. The van der Waals surface area contributed by atoms with E-state index in [0.717, 1.165) is 23.0 Å². The lowest BCUT2D eigenvalue weighted by molar-refractivity contribution is 0.491. The quantitative estimate of drug-likeness (QED) is 0.615. The predicted octanol–water partition coefficient (Wildman–Crippen LogP) is 2.81. The third-order valence-electron chi connectivity index (χ3n) is 6.48. The average Bonchev–Trinajstić information content (AvgIpc) is 3.39. The van der Waals surface area contributed by atoms with Crippen molar-refractivity contribution in [3.05, 3.63) is 54.6 Å². The lowest BCUT2D eigenvalue weighted by Gasteiger charge is -2.35. The molecule has 0 radical (unpaired) electrons. The minimum atomic E-state index is 0.194. The molecule has 4 aliphatic heterocycles. The molecule has 7 heteroatoms. The summed E-state index contributed by atoms with van der Waals surface area (Å²) in [6.45, 7) is 0. The summed E-state index contributed by atoms with van der Waals surface area (Å²) in [6, 6.07) is 8.34. The molecule has 3 aromatic heterocycles. The molecule has 132 valence electrons. The molecule has 7 nitrogen and oxygen atoms in total. The second kappa shape index (κ2) is 4.31. The maximum absolute atomic E-state index is 4.65. The molecule has 0 aliphatic carbocycles. The van der Waals surface area contributed by atoms with Crippen LogP contribution in [0.4, 0.5) is 34.4 Å². The van der Waals surface area contributed by atoms with E-state index < -0.39 is 0 Å². The Bertz CT molecular complexity index is 1050. The molecule has 7 heterocycles. The van der Waals surface area contributed by atoms with Crippen molar-refractivity contribution in [2.24, 2.45) is 0 Å². The second-order valence-electron chi connectivity index (χ2n) is 7.60. The van der Waals surface area contributed by atoms with Gasteiger partial charge in [0.1, 0.15) is 12.3 Å². The molecule has 2 unspecified atom stereocenters. The highest BCUT2D eigenvalue weighted by atomic mass is 15.5. The van der Waals surface area contributed by atoms with Gasteiger partial charge in [-0.05, 0) is 24.3 Å². The van der Waals surface area contributed by atoms with Crippen molar-refractivity contribution in [3.8, 4) is 0 Å². The van der Waals surface area contributed by atoms with Crippen molar-refractivity contribution in [2.45, 2.75) is 18.2 Å². The second-order valence-corrected chi connectivity index (χ2v) is 7.60. The molecular formula is C20H17N7. The van der Waals surface area contributed by atoms with Crippen molar-refractivity contribution in [1.82, 2.24) is 15.0 Å². The van der Waals surface area contributed by atoms with Crippen LogP contribution in [-0.2, 0) is 0 Å². The first-order valence-electron chi connectivity index (χ1n) is 9.19. The van der Waals surface area contributed by atoms with Gasteiger partial charge in [0.25, 0.3) is 0 Å². The minimum Gasteiger partial charge on any atom is -0.336 e. The summed E-state index contributed by atoms with van der Waals surface area (Å²) in [5.74, 6) is 2.37. The molecule has 0 bridgehead atoms. The van der Waals surface area contributed by atoms with Gasteiger partial charge < -0.3 is 19.6 Å². The fourth-order valence-corrected chi connectivity index (χ4v) is 5.55. The third kappa shape index (κ3) is 1.35. The maximum atomic E-state index is 4.65. The van der Waals surface area contributed by atoms with Gasteiger partial charge in [0.15, 0.2) is 11.6 Å². The zero-order chi connectivity index (χ0) is 17.9. The Hall–Kier alpha value is -3.35. The summed E-state index contributed by atoms with van der Waals surface area (Å²) < 4.78 is 0. The van der Waals surface area contributed by atoms with E-state index >= 15 is 0 Å². The van der Waals surface area contributed by atoms with Gasteiger partial charge in [-0.25, -0.2) is 9.97 Å². The largest absolute Gasteiger partial charge is 0.336 e. The van der Waals surface area contributed by atoms with E-state index in [1.807, 2.05) is 36.9 Å². The first-order chi connectivity index (χ1) is 13.3. The molecule has 2 atom stereocenters. The number of anilines is 6. The van der Waals surface area contributed by atoms with E-state index in [4.69, 9.17) is 0 Å². The first-order valence-corrected chi connectivity index (χ1v) is 9.19. The van der Waals surface area contributed by atoms with Gasteiger partial charge in [-0.1, -0.05) is 0 Å². The van der Waals surface area contributed by atoms with Crippen molar-refractivity contribution in [2.75, 3.05) is 33.7 Å². The smallest absolute Gasteiger partial charge is 0.153 e. The van der Waals surface area contributed by atoms with Crippen molar-refractivity contribution in [3.63, 3.8) is 0 Å². The van der Waals surface area contributed by atoms with Gasteiger partial charge in [-0.3, -0.25) is 4.98 Å². The molecule has 4 aliphatic rings. The van der Waals surface area contributed by atoms with Gasteiger partial charge in [-0.2, -0.15) is 0 Å². The molecule has 0 amide bonds. The van der Waals surface area contributed by atoms with Crippen LogP contribution >= 0.6 is 0 Å². The summed E-state index contributed by atoms with van der Waals surface area (Å²) in [7, 11) is 4.30. The number of rotatable bonds is 0. The summed E-state index contributed by atoms with van der Waals surface area (Å²) in [4.78, 5) is 23.4. The zero-order valence-electron chi connectivity index (χ0n) is 15.0. The monoisotopic (exact) mass is 355 g/mol. The van der Waals surface area contributed by atoms with Crippen LogP contribution in [0.15, 0.2) is 49.1 Å². The Kier molecular flexibility index (Phi) is 2.20. The van der Waals surface area contributed by atoms with E-state index in [0.29, 0.717) is 5.92 Å². The molecule has 7 rings (SSSR count). The van der Waals surface area contributed by atoms with Crippen LogP contribution in [0.5, 0.6) is 0 Å². The van der Waals surface area contributed by atoms with E-state index in [1.165, 1.54) is 16.9 Å². The molecule has 0 saturated carbocycles. The van der Waals surface area contributed by atoms with Crippen molar-refractivity contribution < 1.29 is 0 Å². The van der Waals surface area contributed by atoms with Gasteiger partial charge >= 0.3 is 0 Å². The van der Waals surface area contributed by atoms with Crippen LogP contribution in [0.3, 0.4) is 0 Å². The minimum absolute atomic E-state index is 0.194. The van der Waals surface area contributed by atoms with Crippen LogP contribution < -0.4 is 19.6 Å². The zero-order valence-corrected chi connectivity index (χ0v) is 15.0. The first kappa shape index (κ1) is 13.8. The highest BCUT2D eigenvalue weighted by Crippen LogP contribution is 2.64. The summed E-state index contributed by atoms with van der Waals surface area (Å²) >= 11 is 0. The molecule has 0 aromatic carbocycles. The standard InChI is InChI=1S/C20H17N7/c1-24-17-11(5-3-7-22-17)26-13-9-21-10-14-15(13)16(19(24)26)20-25(2)18-12(27(14)20)6-4-8-23-18/h3-10,16,19-20H,1-2H3. The average molecular weight is 355 g/mol. The van der Waals surface area contributed by atoms with Crippen LogP contribution in [0, 0.1) is 0 Å². The Balaban J connectivity index is 1.51. The van der Waals surface area contributed by atoms with Crippen LogP contribution in [-0.4, -0.2) is 41.4 Å². The predicted molar refractivity (Wildman–Crippen MR) is 104 cm³/mol. The van der Waals surface area contributed by atoms with Gasteiger partial charge in [0.05, 0.1) is 41.1 Å². The van der Waals surface area contributed by atoms with Crippen LogP contribution in [0.25, 0.3) is 0 Å². The number of hydrogen-bond donors (Lipinski definition) is 0. The van der Waals surface area contributed by atoms with Gasteiger partial charge in [-0.15, -0.1) is 0 Å². The summed E-state index contributed by atoms with van der Waals surface area (Å²) in [6.07, 6.45) is 8.15. The van der Waals surface area contributed by atoms with Crippen molar-refractivity contribution in [1.29, 1.82) is 0 Å². The van der Waals surface area contributed by atoms with Crippen molar-refractivity contribution >= 4 is 34.4 Å². The Morgan fingerprint density at radius 1 is 0.741 bits per heavy atom. The highest BCUT2D eigenvalue weighted by molar-refractivity contribution is 5.95. The van der Waals surface area contributed by atoms with E-state index in [2.05, 4.69) is 60.8 Å². The lowest BCUT2D eigenvalue weighted by Crippen LogP contribution is -2.49. The summed E-state index contributed by atoms with van der Waals surface area (Å²) in [5.41, 5.74) is 6.13. The number of nitrogens with zero attached hydrogens (tertiary/aromatic N) is 7.